The van der Waals surface area contributed by atoms with Crippen molar-refractivity contribution < 1.29 is 9.53 Å². The van der Waals surface area contributed by atoms with Crippen LogP contribution in [0.5, 0.6) is 0 Å². The van der Waals surface area contributed by atoms with Crippen molar-refractivity contribution in [2.24, 2.45) is 10.9 Å². The third kappa shape index (κ3) is 8.64. The zero-order valence-corrected chi connectivity index (χ0v) is 17.9. The summed E-state index contributed by atoms with van der Waals surface area (Å²) in [5.74, 6) is 2.23. The van der Waals surface area contributed by atoms with Crippen molar-refractivity contribution in [1.29, 1.82) is 0 Å². The lowest BCUT2D eigenvalue weighted by Crippen LogP contribution is -2.50. The van der Waals surface area contributed by atoms with E-state index in [1.54, 1.807) is 25.5 Å². The van der Waals surface area contributed by atoms with Gasteiger partial charge in [-0.2, -0.15) is 0 Å². The third-order valence-corrected chi connectivity index (χ3v) is 4.70. The van der Waals surface area contributed by atoms with Gasteiger partial charge in [-0.3, -0.25) is 9.79 Å². The largest absolute Gasteiger partial charge is 0.380 e. The Morgan fingerprint density at radius 3 is 2.48 bits per heavy atom. The molecule has 1 amide bonds. The maximum Gasteiger partial charge on any atom is 0.225 e. The molecule has 0 radical (unpaired) electrons. The Labute approximate surface area is 173 Å². The highest BCUT2D eigenvalue weighted by Crippen LogP contribution is 2.10. The molecule has 9 nitrogen and oxygen atoms in total. The molecule has 0 atom stereocenters. The summed E-state index contributed by atoms with van der Waals surface area (Å²) in [7, 11) is 1.72. The minimum Gasteiger partial charge on any atom is -0.380 e. The van der Waals surface area contributed by atoms with E-state index in [1.165, 1.54) is 0 Å². The summed E-state index contributed by atoms with van der Waals surface area (Å²) < 4.78 is 5.58. The standard InChI is InChI=1S/C20H35N7O2/c1-17(2)6-15-29-16-10-23-19(21-3)22-9-5-18(28)26-11-13-27(14-12-26)20-24-7-4-8-25-20/h4,7-8,17H,5-6,9-16H2,1-3H3,(H2,21,22,23). The van der Waals surface area contributed by atoms with E-state index in [4.69, 9.17) is 4.74 Å². The first-order valence-electron chi connectivity index (χ1n) is 10.4. The summed E-state index contributed by atoms with van der Waals surface area (Å²) in [6, 6.07) is 1.80. The minimum atomic E-state index is 0.151. The van der Waals surface area contributed by atoms with E-state index in [1.807, 2.05) is 4.90 Å². The summed E-state index contributed by atoms with van der Waals surface area (Å²) in [4.78, 5) is 29.2. The van der Waals surface area contributed by atoms with Crippen LogP contribution in [0.25, 0.3) is 0 Å². The molecule has 0 aliphatic carbocycles. The average molecular weight is 406 g/mol. The number of anilines is 1. The highest BCUT2D eigenvalue weighted by atomic mass is 16.5. The third-order valence-electron chi connectivity index (χ3n) is 4.70. The number of nitrogens with one attached hydrogen (secondary N) is 2. The molecule has 1 saturated heterocycles. The van der Waals surface area contributed by atoms with Crippen molar-refractivity contribution in [3.05, 3.63) is 18.5 Å². The van der Waals surface area contributed by atoms with Crippen molar-refractivity contribution in [2.75, 3.05) is 64.4 Å². The predicted octanol–water partition coefficient (Wildman–Crippen LogP) is 0.743. The topological polar surface area (TPSA) is 95.0 Å². The van der Waals surface area contributed by atoms with Gasteiger partial charge < -0.3 is 25.2 Å². The zero-order chi connectivity index (χ0) is 20.9. The summed E-state index contributed by atoms with van der Waals surface area (Å²) in [6.07, 6.45) is 4.99. The number of carbonyl (C=O) groups excluding carboxylic acids is 1. The molecule has 1 aliphatic heterocycles. The Kier molecular flexibility index (Phi) is 10.2. The van der Waals surface area contributed by atoms with E-state index in [9.17, 15) is 4.79 Å². The van der Waals surface area contributed by atoms with Crippen LogP contribution in [0.4, 0.5) is 5.95 Å². The number of rotatable bonds is 10. The maximum atomic E-state index is 12.5. The Hall–Kier alpha value is -2.42. The van der Waals surface area contributed by atoms with E-state index in [0.29, 0.717) is 51.1 Å². The van der Waals surface area contributed by atoms with Gasteiger partial charge in [0, 0.05) is 71.7 Å². The molecule has 0 bridgehead atoms. The van der Waals surface area contributed by atoms with Crippen LogP contribution in [0.15, 0.2) is 23.5 Å². The van der Waals surface area contributed by atoms with E-state index < -0.39 is 0 Å². The van der Waals surface area contributed by atoms with Crippen molar-refractivity contribution >= 4 is 17.8 Å². The van der Waals surface area contributed by atoms with E-state index in [0.717, 1.165) is 32.1 Å². The first-order valence-corrected chi connectivity index (χ1v) is 10.4. The number of ether oxygens (including phenoxy) is 1. The van der Waals surface area contributed by atoms with Gasteiger partial charge in [-0.1, -0.05) is 13.8 Å². The Balaban J connectivity index is 1.57. The van der Waals surface area contributed by atoms with Crippen LogP contribution in [-0.4, -0.2) is 86.3 Å². The van der Waals surface area contributed by atoms with Gasteiger partial charge in [-0.25, -0.2) is 9.97 Å². The van der Waals surface area contributed by atoms with Gasteiger partial charge in [-0.15, -0.1) is 0 Å². The lowest BCUT2D eigenvalue weighted by atomic mass is 10.1. The van der Waals surface area contributed by atoms with Crippen molar-refractivity contribution in [3.63, 3.8) is 0 Å². The van der Waals surface area contributed by atoms with Crippen LogP contribution in [0.3, 0.4) is 0 Å². The van der Waals surface area contributed by atoms with Crippen LogP contribution in [-0.2, 0) is 9.53 Å². The molecule has 2 N–H and O–H groups in total. The molecular weight excluding hydrogens is 370 g/mol. The molecule has 0 unspecified atom stereocenters. The smallest absolute Gasteiger partial charge is 0.225 e. The summed E-state index contributed by atoms with van der Waals surface area (Å²) in [5, 5.41) is 6.39. The molecule has 2 rings (SSSR count). The predicted molar refractivity (Wildman–Crippen MR) is 115 cm³/mol. The fraction of sp³-hybridized carbons (Fsp3) is 0.700. The van der Waals surface area contributed by atoms with Crippen LogP contribution in [0.1, 0.15) is 26.7 Å². The average Bonchev–Trinajstić information content (AvgIpc) is 2.75. The summed E-state index contributed by atoms with van der Waals surface area (Å²) in [5.41, 5.74) is 0. The molecule has 1 aromatic rings. The van der Waals surface area contributed by atoms with Crippen molar-refractivity contribution in [3.8, 4) is 0 Å². The molecular formula is C20H35N7O2. The van der Waals surface area contributed by atoms with Gasteiger partial charge in [0.25, 0.3) is 0 Å². The molecule has 162 valence electrons. The highest BCUT2D eigenvalue weighted by Gasteiger charge is 2.22. The quantitative estimate of drug-likeness (QED) is 0.337. The maximum absolute atomic E-state index is 12.5. The number of nitrogens with zero attached hydrogens (tertiary/aromatic N) is 5. The summed E-state index contributed by atoms with van der Waals surface area (Å²) in [6.45, 7) is 9.93. The molecule has 0 saturated carbocycles. The van der Waals surface area contributed by atoms with E-state index >= 15 is 0 Å². The van der Waals surface area contributed by atoms with Gasteiger partial charge in [0.15, 0.2) is 5.96 Å². The number of aliphatic imine (C=N–C) groups is 1. The first kappa shape index (κ1) is 22.9. The van der Waals surface area contributed by atoms with Crippen LogP contribution in [0, 0.1) is 5.92 Å². The Morgan fingerprint density at radius 1 is 1.14 bits per heavy atom. The van der Waals surface area contributed by atoms with Gasteiger partial charge in [0.05, 0.1) is 6.61 Å². The molecule has 9 heteroatoms. The summed E-state index contributed by atoms with van der Waals surface area (Å²) >= 11 is 0. The second kappa shape index (κ2) is 12.9. The van der Waals surface area contributed by atoms with Crippen molar-refractivity contribution in [2.45, 2.75) is 26.7 Å². The first-order chi connectivity index (χ1) is 14.1. The Bertz CT molecular complexity index is 617. The molecule has 1 aromatic heterocycles. The SMILES string of the molecule is CN=C(NCCOCCC(C)C)NCCC(=O)N1CCN(c2ncccn2)CC1. The Morgan fingerprint density at radius 2 is 1.83 bits per heavy atom. The second-order valence-corrected chi connectivity index (χ2v) is 7.39. The number of hydrogen-bond acceptors (Lipinski definition) is 6. The minimum absolute atomic E-state index is 0.151. The van der Waals surface area contributed by atoms with Crippen molar-refractivity contribution in [1.82, 2.24) is 25.5 Å². The highest BCUT2D eigenvalue weighted by molar-refractivity contribution is 5.81. The number of hydrogen-bond donors (Lipinski definition) is 2. The molecule has 1 aliphatic rings. The van der Waals surface area contributed by atoms with Crippen LogP contribution >= 0.6 is 0 Å². The van der Waals surface area contributed by atoms with Crippen LogP contribution in [0.2, 0.25) is 0 Å². The fourth-order valence-corrected chi connectivity index (χ4v) is 2.94. The lowest BCUT2D eigenvalue weighted by molar-refractivity contribution is -0.131. The number of carbonyl (C=O) groups is 1. The van der Waals surface area contributed by atoms with Gasteiger partial charge in [-0.05, 0) is 18.4 Å². The normalized spacial score (nSPS) is 15.0. The second-order valence-electron chi connectivity index (χ2n) is 7.39. The lowest BCUT2D eigenvalue weighted by Gasteiger charge is -2.34. The van der Waals surface area contributed by atoms with Crippen LogP contribution < -0.4 is 15.5 Å². The van der Waals surface area contributed by atoms with Gasteiger partial charge in [0.2, 0.25) is 11.9 Å². The monoisotopic (exact) mass is 405 g/mol. The number of piperazine rings is 1. The molecule has 0 aromatic carbocycles. The molecule has 29 heavy (non-hydrogen) atoms. The van der Waals surface area contributed by atoms with Gasteiger partial charge in [0.1, 0.15) is 0 Å². The number of guanidine groups is 1. The number of amides is 1. The number of aromatic nitrogens is 2. The fourth-order valence-electron chi connectivity index (χ4n) is 2.94. The van der Waals surface area contributed by atoms with E-state index in [-0.39, 0.29) is 5.91 Å². The molecule has 2 heterocycles. The molecule has 1 fully saturated rings. The van der Waals surface area contributed by atoms with Gasteiger partial charge >= 0.3 is 0 Å². The van der Waals surface area contributed by atoms with E-state index in [2.05, 4.69) is 44.3 Å². The zero-order valence-electron chi connectivity index (χ0n) is 17.9. The molecule has 0 spiro atoms.